The van der Waals surface area contributed by atoms with Crippen molar-refractivity contribution in [2.75, 3.05) is 0 Å². The van der Waals surface area contributed by atoms with Crippen molar-refractivity contribution in [2.24, 2.45) is 0 Å². The highest BCUT2D eigenvalue weighted by Gasteiger charge is 2.05. The van der Waals surface area contributed by atoms with Gasteiger partial charge in [-0.05, 0) is 76.9 Å². The van der Waals surface area contributed by atoms with Gasteiger partial charge in [0.1, 0.15) is 5.76 Å². The second-order valence-corrected chi connectivity index (χ2v) is 6.40. The standard InChI is InChI=1S/C9H8I2OS/c1-3-7(12-6(2)10)8-4-5-9(11)13-8/h3-5H,2H2,1H3/b7-3-. The van der Waals surface area contributed by atoms with E-state index < -0.39 is 0 Å². The quantitative estimate of drug-likeness (QED) is 0.514. The third-order valence-electron chi connectivity index (χ3n) is 1.30. The van der Waals surface area contributed by atoms with E-state index in [1.54, 1.807) is 11.3 Å². The zero-order chi connectivity index (χ0) is 9.84. The van der Waals surface area contributed by atoms with Crippen LogP contribution in [-0.4, -0.2) is 0 Å². The van der Waals surface area contributed by atoms with E-state index in [0.717, 1.165) is 10.6 Å². The molecule has 1 aromatic rings. The van der Waals surface area contributed by atoms with Gasteiger partial charge in [-0.3, -0.25) is 0 Å². The fourth-order valence-electron chi connectivity index (χ4n) is 0.818. The molecule has 0 spiro atoms. The Hall–Kier alpha value is 0.440. The first kappa shape index (κ1) is 11.5. The molecule has 0 aliphatic rings. The molecule has 0 saturated heterocycles. The molecule has 0 atom stereocenters. The molecule has 0 unspecified atom stereocenters. The zero-order valence-electron chi connectivity index (χ0n) is 7.01. The number of rotatable bonds is 3. The molecule has 0 fully saturated rings. The van der Waals surface area contributed by atoms with E-state index >= 15 is 0 Å². The van der Waals surface area contributed by atoms with Gasteiger partial charge < -0.3 is 4.74 Å². The molecule has 0 radical (unpaired) electrons. The smallest absolute Gasteiger partial charge is 0.157 e. The van der Waals surface area contributed by atoms with E-state index in [0.29, 0.717) is 3.77 Å². The fourth-order valence-corrected chi connectivity index (χ4v) is 2.69. The molecular formula is C9H8I2OS. The van der Waals surface area contributed by atoms with Crippen molar-refractivity contribution in [3.05, 3.63) is 36.3 Å². The van der Waals surface area contributed by atoms with Crippen LogP contribution in [0.3, 0.4) is 0 Å². The molecule has 0 aliphatic carbocycles. The molecule has 1 rings (SSSR count). The minimum atomic E-state index is 0.689. The van der Waals surface area contributed by atoms with Crippen molar-refractivity contribution in [1.29, 1.82) is 0 Å². The van der Waals surface area contributed by atoms with Crippen molar-refractivity contribution in [1.82, 2.24) is 0 Å². The molecule has 0 bridgehead atoms. The maximum Gasteiger partial charge on any atom is 0.157 e. The van der Waals surface area contributed by atoms with E-state index in [2.05, 4.69) is 63.9 Å². The molecule has 13 heavy (non-hydrogen) atoms. The van der Waals surface area contributed by atoms with Gasteiger partial charge in [-0.2, -0.15) is 0 Å². The van der Waals surface area contributed by atoms with Crippen molar-refractivity contribution < 1.29 is 4.74 Å². The first-order valence-corrected chi connectivity index (χ1v) is 6.55. The average Bonchev–Trinajstić information content (AvgIpc) is 2.47. The molecule has 0 N–H and O–H groups in total. The van der Waals surface area contributed by atoms with Gasteiger partial charge in [0, 0.05) is 0 Å². The highest BCUT2D eigenvalue weighted by atomic mass is 127. The summed E-state index contributed by atoms with van der Waals surface area (Å²) >= 11 is 6.07. The predicted molar refractivity (Wildman–Crippen MR) is 74.9 cm³/mol. The molecule has 0 amide bonds. The Bertz CT molecular complexity index is 341. The minimum absolute atomic E-state index is 0.689. The summed E-state index contributed by atoms with van der Waals surface area (Å²) in [6, 6.07) is 4.13. The second kappa shape index (κ2) is 5.35. The Morgan fingerprint density at radius 2 is 2.31 bits per heavy atom. The van der Waals surface area contributed by atoms with Gasteiger partial charge in [0.05, 0.1) is 7.76 Å². The van der Waals surface area contributed by atoms with Gasteiger partial charge in [-0.15, -0.1) is 11.3 Å². The van der Waals surface area contributed by atoms with Gasteiger partial charge in [0.2, 0.25) is 0 Å². The van der Waals surface area contributed by atoms with Crippen LogP contribution in [0.5, 0.6) is 0 Å². The Balaban J connectivity index is 2.85. The summed E-state index contributed by atoms with van der Waals surface area (Å²) in [5.74, 6) is 0.882. The maximum absolute atomic E-state index is 5.46. The van der Waals surface area contributed by atoms with Crippen LogP contribution in [0.25, 0.3) is 5.76 Å². The van der Waals surface area contributed by atoms with Crippen LogP contribution < -0.4 is 0 Å². The third kappa shape index (κ3) is 3.59. The normalized spacial score (nSPS) is 11.5. The largest absolute Gasteiger partial charge is 0.451 e. The van der Waals surface area contributed by atoms with Crippen molar-refractivity contribution in [2.45, 2.75) is 6.92 Å². The minimum Gasteiger partial charge on any atom is -0.451 e. The van der Waals surface area contributed by atoms with E-state index in [1.807, 2.05) is 13.0 Å². The van der Waals surface area contributed by atoms with Crippen LogP contribution >= 0.6 is 56.5 Å². The van der Waals surface area contributed by atoms with Crippen molar-refractivity contribution in [3.8, 4) is 0 Å². The van der Waals surface area contributed by atoms with Gasteiger partial charge in [0.25, 0.3) is 0 Å². The number of hydrogen-bond donors (Lipinski definition) is 0. The molecule has 1 nitrogen and oxygen atoms in total. The van der Waals surface area contributed by atoms with Gasteiger partial charge >= 0.3 is 0 Å². The van der Waals surface area contributed by atoms with Crippen LogP contribution in [0.15, 0.2) is 28.6 Å². The fraction of sp³-hybridized carbons (Fsp3) is 0.111. The Morgan fingerprint density at radius 3 is 2.69 bits per heavy atom. The highest BCUT2D eigenvalue weighted by molar-refractivity contribution is 14.1. The molecule has 4 heteroatoms. The topological polar surface area (TPSA) is 9.23 Å². The van der Waals surface area contributed by atoms with E-state index in [-0.39, 0.29) is 0 Å². The molecule has 0 saturated carbocycles. The van der Waals surface area contributed by atoms with Crippen LogP contribution in [0.1, 0.15) is 11.8 Å². The summed E-state index contributed by atoms with van der Waals surface area (Å²) in [5.41, 5.74) is 0. The van der Waals surface area contributed by atoms with Crippen LogP contribution in [0.4, 0.5) is 0 Å². The highest BCUT2D eigenvalue weighted by Crippen LogP contribution is 2.28. The molecule has 0 aromatic carbocycles. The first-order chi connectivity index (χ1) is 6.13. The number of allylic oxidation sites excluding steroid dienone is 1. The predicted octanol–water partition coefficient (Wildman–Crippen LogP) is 4.64. The zero-order valence-corrected chi connectivity index (χ0v) is 12.1. The summed E-state index contributed by atoms with van der Waals surface area (Å²) in [6.45, 7) is 5.66. The lowest BCUT2D eigenvalue weighted by Crippen LogP contribution is -1.83. The van der Waals surface area contributed by atoms with Gasteiger partial charge in [-0.1, -0.05) is 0 Å². The second-order valence-electron chi connectivity index (χ2n) is 2.21. The molecule has 1 heterocycles. The van der Waals surface area contributed by atoms with Crippen LogP contribution in [0.2, 0.25) is 0 Å². The Kier molecular flexibility index (Phi) is 4.74. The first-order valence-electron chi connectivity index (χ1n) is 3.57. The number of halogens is 2. The van der Waals surface area contributed by atoms with Crippen LogP contribution in [-0.2, 0) is 4.74 Å². The lowest BCUT2D eigenvalue weighted by atomic mass is 10.4. The monoisotopic (exact) mass is 418 g/mol. The molecule has 70 valence electrons. The SMILES string of the molecule is C=C(I)O/C(=C\C)c1ccc(I)s1. The summed E-state index contributed by atoms with van der Waals surface area (Å²) in [7, 11) is 0. The number of ether oxygens (including phenoxy) is 1. The number of hydrogen-bond acceptors (Lipinski definition) is 2. The van der Waals surface area contributed by atoms with E-state index in [4.69, 9.17) is 4.74 Å². The summed E-state index contributed by atoms with van der Waals surface area (Å²) < 4.78 is 7.41. The van der Waals surface area contributed by atoms with Gasteiger partial charge in [-0.25, -0.2) is 0 Å². The summed E-state index contributed by atoms with van der Waals surface area (Å²) in [6.07, 6.45) is 1.95. The summed E-state index contributed by atoms with van der Waals surface area (Å²) in [5, 5.41) is 0. The van der Waals surface area contributed by atoms with Crippen LogP contribution in [0, 0.1) is 2.88 Å². The third-order valence-corrected chi connectivity index (χ3v) is 3.43. The lowest BCUT2D eigenvalue weighted by Gasteiger charge is -2.04. The van der Waals surface area contributed by atoms with E-state index in [1.165, 1.54) is 2.88 Å². The average molecular weight is 418 g/mol. The Labute approximate surface area is 109 Å². The van der Waals surface area contributed by atoms with Crippen molar-refractivity contribution in [3.63, 3.8) is 0 Å². The number of thiophene rings is 1. The molecule has 1 aromatic heterocycles. The molecular weight excluding hydrogens is 410 g/mol. The van der Waals surface area contributed by atoms with Gasteiger partial charge in [0.15, 0.2) is 3.77 Å². The maximum atomic E-state index is 5.46. The molecule has 0 aliphatic heterocycles. The summed E-state index contributed by atoms with van der Waals surface area (Å²) in [4.78, 5) is 1.14. The lowest BCUT2D eigenvalue weighted by molar-refractivity contribution is 0.432. The Morgan fingerprint density at radius 1 is 1.62 bits per heavy atom. The van der Waals surface area contributed by atoms with E-state index in [9.17, 15) is 0 Å². The van der Waals surface area contributed by atoms with Crippen molar-refractivity contribution >= 4 is 62.3 Å².